The van der Waals surface area contributed by atoms with E-state index in [1.165, 1.54) is 11.3 Å². The van der Waals surface area contributed by atoms with Gasteiger partial charge < -0.3 is 9.73 Å². The number of rotatable bonds is 4. The fraction of sp³-hybridized carbons (Fsp3) is 0.0800. The van der Waals surface area contributed by atoms with E-state index in [0.717, 1.165) is 5.56 Å². The monoisotopic (exact) mass is 475 g/mol. The summed E-state index contributed by atoms with van der Waals surface area (Å²) in [5.41, 5.74) is 2.13. The summed E-state index contributed by atoms with van der Waals surface area (Å²) in [6.45, 7) is 1.78. The summed E-state index contributed by atoms with van der Waals surface area (Å²) >= 11 is 7.37. The number of halogens is 1. The number of fused-ring (bicyclic) bond motifs is 1. The number of carbonyl (C=O) groups excluding carboxylic acids is 1. The fourth-order valence-corrected chi connectivity index (χ4v) is 4.95. The molecule has 1 N–H and O–H groups in total. The smallest absolute Gasteiger partial charge is 0.271 e. The van der Waals surface area contributed by atoms with Crippen LogP contribution in [0.5, 0.6) is 0 Å². The third-order valence-corrected chi connectivity index (χ3v) is 6.54. The SMILES string of the molecule is CC1=C(C(=O)Nc2ccccc2)[C@@H](c2ccc(Cl)cc2)n2c(sc(=Cc3ccco3)c2=O)=N1. The second-order valence-electron chi connectivity index (χ2n) is 7.47. The summed E-state index contributed by atoms with van der Waals surface area (Å²) in [4.78, 5) is 32.0. The van der Waals surface area contributed by atoms with Crippen molar-refractivity contribution in [2.24, 2.45) is 4.99 Å². The van der Waals surface area contributed by atoms with E-state index >= 15 is 0 Å². The number of benzene rings is 2. The normalized spacial score (nSPS) is 15.8. The summed E-state index contributed by atoms with van der Waals surface area (Å²) in [6, 6.07) is 19.2. The van der Waals surface area contributed by atoms with Gasteiger partial charge in [-0.25, -0.2) is 4.99 Å². The van der Waals surface area contributed by atoms with Crippen molar-refractivity contribution in [1.29, 1.82) is 0 Å². The predicted octanol–water partition coefficient (Wildman–Crippen LogP) is 4.12. The van der Waals surface area contributed by atoms with E-state index in [1.807, 2.05) is 42.5 Å². The van der Waals surface area contributed by atoms with E-state index in [4.69, 9.17) is 16.0 Å². The molecule has 3 heterocycles. The molecule has 0 spiro atoms. The number of nitrogens with one attached hydrogen (secondary N) is 1. The minimum absolute atomic E-state index is 0.243. The molecule has 6 nitrogen and oxygen atoms in total. The molecule has 164 valence electrons. The van der Waals surface area contributed by atoms with Crippen molar-refractivity contribution in [2.45, 2.75) is 13.0 Å². The van der Waals surface area contributed by atoms with Gasteiger partial charge in [0.2, 0.25) is 0 Å². The van der Waals surface area contributed by atoms with Crippen molar-refractivity contribution in [2.75, 3.05) is 5.32 Å². The Bertz CT molecular complexity index is 1530. The topological polar surface area (TPSA) is 76.6 Å². The van der Waals surface area contributed by atoms with Crippen molar-refractivity contribution < 1.29 is 9.21 Å². The number of carbonyl (C=O) groups is 1. The molecule has 1 atom stereocenters. The minimum Gasteiger partial charge on any atom is -0.465 e. The number of nitrogens with zero attached hydrogens (tertiary/aromatic N) is 2. The van der Waals surface area contributed by atoms with E-state index < -0.39 is 6.04 Å². The van der Waals surface area contributed by atoms with Gasteiger partial charge in [0.15, 0.2) is 4.80 Å². The molecule has 0 saturated heterocycles. The number of aromatic nitrogens is 1. The molecule has 0 unspecified atom stereocenters. The fourth-order valence-electron chi connectivity index (χ4n) is 3.79. The Balaban J connectivity index is 1.68. The van der Waals surface area contributed by atoms with Gasteiger partial charge in [-0.1, -0.05) is 53.3 Å². The van der Waals surface area contributed by atoms with Crippen molar-refractivity contribution in [3.05, 3.63) is 120 Å². The zero-order chi connectivity index (χ0) is 22.9. The highest BCUT2D eigenvalue weighted by molar-refractivity contribution is 7.07. The van der Waals surface area contributed by atoms with Gasteiger partial charge in [-0.15, -0.1) is 0 Å². The lowest BCUT2D eigenvalue weighted by atomic mass is 9.95. The maximum absolute atomic E-state index is 13.5. The molecule has 1 amide bonds. The van der Waals surface area contributed by atoms with Gasteiger partial charge in [0.05, 0.1) is 28.1 Å². The largest absolute Gasteiger partial charge is 0.465 e. The van der Waals surface area contributed by atoms with Gasteiger partial charge in [-0.2, -0.15) is 0 Å². The van der Waals surface area contributed by atoms with Crippen LogP contribution in [0.2, 0.25) is 5.02 Å². The number of para-hydroxylation sites is 1. The van der Waals surface area contributed by atoms with Gasteiger partial charge in [0.25, 0.3) is 11.5 Å². The Morgan fingerprint density at radius 3 is 2.58 bits per heavy atom. The first-order valence-electron chi connectivity index (χ1n) is 10.2. The van der Waals surface area contributed by atoms with E-state index in [2.05, 4.69) is 10.3 Å². The lowest BCUT2D eigenvalue weighted by Crippen LogP contribution is -2.40. The third-order valence-electron chi connectivity index (χ3n) is 5.30. The van der Waals surface area contributed by atoms with Crippen LogP contribution in [0, 0.1) is 0 Å². The van der Waals surface area contributed by atoms with Gasteiger partial charge in [0, 0.05) is 16.8 Å². The van der Waals surface area contributed by atoms with Crippen LogP contribution in [0.1, 0.15) is 24.3 Å². The van der Waals surface area contributed by atoms with E-state index in [-0.39, 0.29) is 11.5 Å². The molecular weight excluding hydrogens is 458 g/mol. The van der Waals surface area contributed by atoms with E-state index in [9.17, 15) is 9.59 Å². The molecule has 2 aromatic carbocycles. The van der Waals surface area contributed by atoms with Crippen LogP contribution in [-0.2, 0) is 4.79 Å². The number of hydrogen-bond donors (Lipinski definition) is 1. The molecule has 0 fully saturated rings. The Morgan fingerprint density at radius 2 is 1.88 bits per heavy atom. The average Bonchev–Trinajstić information content (AvgIpc) is 3.42. The van der Waals surface area contributed by atoms with Crippen molar-refractivity contribution >= 4 is 40.6 Å². The second kappa shape index (κ2) is 8.69. The molecule has 0 radical (unpaired) electrons. The van der Waals surface area contributed by atoms with Crippen molar-refractivity contribution in [1.82, 2.24) is 4.57 Å². The highest BCUT2D eigenvalue weighted by Crippen LogP contribution is 2.31. The van der Waals surface area contributed by atoms with Gasteiger partial charge in [-0.05, 0) is 48.9 Å². The number of anilines is 1. The predicted molar refractivity (Wildman–Crippen MR) is 129 cm³/mol. The number of amides is 1. The van der Waals surface area contributed by atoms with E-state index in [1.54, 1.807) is 48.1 Å². The summed E-state index contributed by atoms with van der Waals surface area (Å²) in [5.74, 6) is 0.253. The van der Waals surface area contributed by atoms with E-state index in [0.29, 0.717) is 37.1 Å². The lowest BCUT2D eigenvalue weighted by molar-refractivity contribution is -0.113. The Hall–Kier alpha value is -3.68. The minimum atomic E-state index is -0.652. The molecule has 5 rings (SSSR count). The third kappa shape index (κ3) is 4.08. The first-order valence-corrected chi connectivity index (χ1v) is 11.4. The molecule has 2 aromatic heterocycles. The summed E-state index contributed by atoms with van der Waals surface area (Å²) < 4.78 is 7.42. The molecule has 1 aliphatic heterocycles. The molecule has 4 aromatic rings. The van der Waals surface area contributed by atoms with Crippen LogP contribution in [0.25, 0.3) is 6.08 Å². The molecule has 33 heavy (non-hydrogen) atoms. The summed E-state index contributed by atoms with van der Waals surface area (Å²) in [6.07, 6.45) is 3.24. The molecule has 0 saturated carbocycles. The molecule has 0 bridgehead atoms. The molecular formula is C25H18ClN3O3S. The van der Waals surface area contributed by atoms with Crippen LogP contribution in [0.4, 0.5) is 5.69 Å². The lowest BCUT2D eigenvalue weighted by Gasteiger charge is -2.25. The van der Waals surface area contributed by atoms with Gasteiger partial charge >= 0.3 is 0 Å². The quantitative estimate of drug-likeness (QED) is 0.482. The Kier molecular flexibility index (Phi) is 5.58. The highest BCUT2D eigenvalue weighted by Gasteiger charge is 2.32. The van der Waals surface area contributed by atoms with Crippen molar-refractivity contribution in [3.8, 4) is 0 Å². The highest BCUT2D eigenvalue weighted by atomic mass is 35.5. The van der Waals surface area contributed by atoms with Crippen molar-refractivity contribution in [3.63, 3.8) is 0 Å². The number of thiazole rings is 1. The first kappa shape index (κ1) is 21.2. The average molecular weight is 476 g/mol. The molecule has 1 aliphatic rings. The number of hydrogen-bond acceptors (Lipinski definition) is 5. The number of allylic oxidation sites excluding steroid dienone is 1. The summed E-state index contributed by atoms with van der Waals surface area (Å²) in [5, 5.41) is 3.50. The Morgan fingerprint density at radius 1 is 1.12 bits per heavy atom. The number of furan rings is 1. The molecule has 0 aliphatic carbocycles. The van der Waals surface area contributed by atoms with Crippen LogP contribution >= 0.6 is 22.9 Å². The van der Waals surface area contributed by atoms with Crippen LogP contribution < -0.4 is 20.2 Å². The first-order chi connectivity index (χ1) is 16.0. The van der Waals surface area contributed by atoms with Gasteiger partial charge in [-0.3, -0.25) is 14.2 Å². The Labute approximate surface area is 197 Å². The maximum atomic E-state index is 13.5. The zero-order valence-electron chi connectivity index (χ0n) is 17.5. The van der Waals surface area contributed by atoms with Crippen LogP contribution in [-0.4, -0.2) is 10.5 Å². The van der Waals surface area contributed by atoms with Gasteiger partial charge in [0.1, 0.15) is 5.76 Å². The zero-order valence-corrected chi connectivity index (χ0v) is 19.1. The van der Waals surface area contributed by atoms with Crippen LogP contribution in [0.3, 0.4) is 0 Å². The van der Waals surface area contributed by atoms with Crippen LogP contribution in [0.15, 0.2) is 98.5 Å². The standard InChI is InChI=1S/C25H18ClN3O3S/c1-15-21(23(30)28-18-6-3-2-4-7-18)22(16-9-11-17(26)12-10-16)29-24(31)20(33-25(29)27-15)14-19-8-5-13-32-19/h2-14,22H,1H3,(H,28,30)/t22-/m1/s1. The maximum Gasteiger partial charge on any atom is 0.271 e. The second-order valence-corrected chi connectivity index (χ2v) is 8.91. The molecule has 8 heteroatoms. The summed E-state index contributed by atoms with van der Waals surface area (Å²) in [7, 11) is 0.